The molecule has 0 aliphatic carbocycles. The van der Waals surface area contributed by atoms with Crippen molar-refractivity contribution in [2.75, 3.05) is 19.7 Å². The van der Waals surface area contributed by atoms with Crippen LogP contribution in [-0.4, -0.2) is 40.3 Å². The van der Waals surface area contributed by atoms with Crippen LogP contribution in [0.2, 0.25) is 0 Å². The number of hydrogen-bond acceptors (Lipinski definition) is 4. The second-order valence-corrected chi connectivity index (χ2v) is 6.42. The summed E-state index contributed by atoms with van der Waals surface area (Å²) in [4.78, 5) is 15.1. The van der Waals surface area contributed by atoms with E-state index in [1.165, 1.54) is 5.56 Å². The summed E-state index contributed by atoms with van der Waals surface area (Å²) in [5.74, 6) is -0.160. The molecule has 0 amide bonds. The number of carbonyl (C=O) groups is 1. The zero-order valence-corrected chi connectivity index (χ0v) is 14.4. The molecule has 1 saturated heterocycles. The average molecular weight is 327 g/mol. The van der Waals surface area contributed by atoms with Crippen molar-refractivity contribution in [3.8, 4) is 0 Å². The van der Waals surface area contributed by atoms with Crippen LogP contribution >= 0.6 is 0 Å². The molecule has 2 heterocycles. The molecule has 5 nitrogen and oxygen atoms in total. The number of likely N-dealkylation sites (tertiary alicyclic amines) is 1. The molecule has 1 fully saturated rings. The lowest BCUT2D eigenvalue weighted by Gasteiger charge is -2.40. The predicted octanol–water partition coefficient (Wildman–Crippen LogP) is 2.75. The number of carbonyl (C=O) groups excluding carboxylic acids is 1. The van der Waals surface area contributed by atoms with E-state index in [1.54, 1.807) is 0 Å². The highest BCUT2D eigenvalue weighted by Crippen LogP contribution is 2.32. The van der Waals surface area contributed by atoms with Crippen molar-refractivity contribution >= 4 is 5.97 Å². The van der Waals surface area contributed by atoms with Crippen LogP contribution in [0, 0.1) is 6.92 Å². The van der Waals surface area contributed by atoms with Gasteiger partial charge < -0.3 is 4.74 Å². The van der Waals surface area contributed by atoms with Gasteiger partial charge in [0, 0.05) is 25.8 Å². The van der Waals surface area contributed by atoms with Gasteiger partial charge in [-0.2, -0.15) is 5.10 Å². The largest absolute Gasteiger partial charge is 0.464 e. The van der Waals surface area contributed by atoms with Crippen LogP contribution in [0.4, 0.5) is 0 Å². The standard InChI is InChI=1S/C19H25N3O2/c1-3-24-18(23)19(22-12-9-16(2)20-22)10-13-21(14-11-19)15-17-7-5-4-6-8-17/h4-9,12H,3,10-11,13-15H2,1-2H3. The molecule has 1 aromatic heterocycles. The number of hydrogen-bond donors (Lipinski definition) is 0. The van der Waals surface area contributed by atoms with Gasteiger partial charge in [-0.1, -0.05) is 30.3 Å². The maximum absolute atomic E-state index is 12.7. The molecule has 128 valence electrons. The number of esters is 1. The Hall–Kier alpha value is -2.14. The van der Waals surface area contributed by atoms with E-state index < -0.39 is 5.54 Å². The fourth-order valence-corrected chi connectivity index (χ4v) is 3.37. The van der Waals surface area contributed by atoms with Crippen molar-refractivity contribution < 1.29 is 9.53 Å². The highest BCUT2D eigenvalue weighted by Gasteiger charge is 2.45. The van der Waals surface area contributed by atoms with E-state index in [4.69, 9.17) is 4.74 Å². The summed E-state index contributed by atoms with van der Waals surface area (Å²) in [7, 11) is 0. The van der Waals surface area contributed by atoms with Gasteiger partial charge in [0.15, 0.2) is 5.54 Å². The molecule has 0 saturated carbocycles. The first-order valence-electron chi connectivity index (χ1n) is 8.60. The zero-order chi connectivity index (χ0) is 17.0. The number of piperidine rings is 1. The van der Waals surface area contributed by atoms with Crippen LogP contribution in [0.5, 0.6) is 0 Å². The summed E-state index contributed by atoms with van der Waals surface area (Å²) in [6, 6.07) is 12.4. The van der Waals surface area contributed by atoms with Gasteiger partial charge in [-0.05, 0) is 38.3 Å². The third kappa shape index (κ3) is 3.36. The van der Waals surface area contributed by atoms with Gasteiger partial charge >= 0.3 is 5.97 Å². The van der Waals surface area contributed by atoms with Gasteiger partial charge in [-0.15, -0.1) is 0 Å². The normalized spacial score (nSPS) is 17.6. The van der Waals surface area contributed by atoms with E-state index in [-0.39, 0.29) is 5.97 Å². The second-order valence-electron chi connectivity index (χ2n) is 6.42. The number of benzene rings is 1. The van der Waals surface area contributed by atoms with Gasteiger partial charge in [-0.25, -0.2) is 4.79 Å². The smallest absolute Gasteiger partial charge is 0.334 e. The van der Waals surface area contributed by atoms with Crippen molar-refractivity contribution in [2.45, 2.75) is 38.8 Å². The zero-order valence-electron chi connectivity index (χ0n) is 14.4. The molecule has 1 aliphatic heterocycles. The minimum atomic E-state index is -0.669. The predicted molar refractivity (Wildman–Crippen MR) is 92.5 cm³/mol. The van der Waals surface area contributed by atoms with Gasteiger partial charge in [0.05, 0.1) is 12.3 Å². The minimum Gasteiger partial charge on any atom is -0.464 e. The number of ether oxygens (including phenoxy) is 1. The molecule has 0 unspecified atom stereocenters. The number of aryl methyl sites for hydroxylation is 1. The first kappa shape index (κ1) is 16.7. The molecule has 24 heavy (non-hydrogen) atoms. The molecule has 1 aliphatic rings. The van der Waals surface area contributed by atoms with Crippen molar-refractivity contribution in [3.63, 3.8) is 0 Å². The maximum atomic E-state index is 12.7. The van der Waals surface area contributed by atoms with E-state index in [0.29, 0.717) is 6.61 Å². The Bertz CT molecular complexity index is 673. The summed E-state index contributed by atoms with van der Waals surface area (Å²) in [5.41, 5.74) is 1.55. The Morgan fingerprint density at radius 3 is 2.50 bits per heavy atom. The van der Waals surface area contributed by atoms with Crippen LogP contribution in [0.15, 0.2) is 42.6 Å². The summed E-state index contributed by atoms with van der Waals surface area (Å²) in [6.07, 6.45) is 3.35. The highest BCUT2D eigenvalue weighted by molar-refractivity contribution is 5.79. The third-order valence-electron chi connectivity index (χ3n) is 4.75. The fourth-order valence-electron chi connectivity index (χ4n) is 3.37. The average Bonchev–Trinajstić information content (AvgIpc) is 3.04. The summed E-state index contributed by atoms with van der Waals surface area (Å²) in [5, 5.41) is 4.52. The monoisotopic (exact) mass is 327 g/mol. The summed E-state index contributed by atoms with van der Waals surface area (Å²) < 4.78 is 7.20. The first-order chi connectivity index (χ1) is 11.6. The van der Waals surface area contributed by atoms with Crippen molar-refractivity contribution in [1.29, 1.82) is 0 Å². The van der Waals surface area contributed by atoms with E-state index in [1.807, 2.05) is 36.9 Å². The van der Waals surface area contributed by atoms with Crippen molar-refractivity contribution in [2.24, 2.45) is 0 Å². The van der Waals surface area contributed by atoms with Crippen LogP contribution in [0.25, 0.3) is 0 Å². The van der Waals surface area contributed by atoms with Crippen LogP contribution in [-0.2, 0) is 21.6 Å². The maximum Gasteiger partial charge on any atom is 0.334 e. The highest BCUT2D eigenvalue weighted by atomic mass is 16.5. The summed E-state index contributed by atoms with van der Waals surface area (Å²) >= 11 is 0. The van der Waals surface area contributed by atoms with Gasteiger partial charge in [0.25, 0.3) is 0 Å². The number of aromatic nitrogens is 2. The van der Waals surface area contributed by atoms with E-state index >= 15 is 0 Å². The van der Waals surface area contributed by atoms with Gasteiger partial charge in [0.1, 0.15) is 0 Å². The second kappa shape index (κ2) is 7.18. The minimum absolute atomic E-state index is 0.160. The van der Waals surface area contributed by atoms with E-state index in [0.717, 1.165) is 38.2 Å². The quantitative estimate of drug-likeness (QED) is 0.792. The molecule has 0 radical (unpaired) electrons. The Morgan fingerprint density at radius 1 is 1.21 bits per heavy atom. The van der Waals surface area contributed by atoms with E-state index in [9.17, 15) is 4.79 Å². The molecule has 0 bridgehead atoms. The Labute approximate surface area is 143 Å². The molecular weight excluding hydrogens is 302 g/mol. The van der Waals surface area contributed by atoms with Crippen LogP contribution in [0.1, 0.15) is 31.0 Å². The molecular formula is C19H25N3O2. The molecule has 3 rings (SSSR count). The van der Waals surface area contributed by atoms with Gasteiger partial charge in [0.2, 0.25) is 0 Å². The SMILES string of the molecule is CCOC(=O)C1(n2ccc(C)n2)CCN(Cc2ccccc2)CC1. The lowest BCUT2D eigenvalue weighted by atomic mass is 9.87. The third-order valence-corrected chi connectivity index (χ3v) is 4.75. The number of nitrogens with zero attached hydrogens (tertiary/aromatic N) is 3. The lowest BCUT2D eigenvalue weighted by molar-refractivity contribution is -0.157. The Morgan fingerprint density at radius 2 is 1.92 bits per heavy atom. The van der Waals surface area contributed by atoms with Crippen molar-refractivity contribution in [3.05, 3.63) is 53.9 Å². The molecule has 0 N–H and O–H groups in total. The molecule has 0 spiro atoms. The van der Waals surface area contributed by atoms with Crippen molar-refractivity contribution in [1.82, 2.24) is 14.7 Å². The number of rotatable bonds is 5. The Balaban J connectivity index is 1.74. The van der Waals surface area contributed by atoms with Crippen LogP contribution < -0.4 is 0 Å². The Kier molecular flexibility index (Phi) is 5.00. The van der Waals surface area contributed by atoms with Gasteiger partial charge in [-0.3, -0.25) is 9.58 Å². The summed E-state index contributed by atoms with van der Waals surface area (Å²) in [6.45, 7) is 6.82. The fraction of sp³-hybridized carbons (Fsp3) is 0.474. The van der Waals surface area contributed by atoms with E-state index in [2.05, 4.69) is 34.3 Å². The molecule has 0 atom stereocenters. The molecule has 2 aromatic rings. The first-order valence-corrected chi connectivity index (χ1v) is 8.60. The lowest BCUT2D eigenvalue weighted by Crippen LogP contribution is -2.51. The van der Waals surface area contributed by atoms with Crippen LogP contribution in [0.3, 0.4) is 0 Å². The molecule has 5 heteroatoms. The topological polar surface area (TPSA) is 47.4 Å². The molecule has 1 aromatic carbocycles.